The first-order valence-electron chi connectivity index (χ1n) is 6.11. The maximum absolute atomic E-state index is 11.9. The van der Waals surface area contributed by atoms with Crippen LogP contribution in [0.3, 0.4) is 0 Å². The van der Waals surface area contributed by atoms with Crippen LogP contribution in [0.25, 0.3) is 0 Å². The summed E-state index contributed by atoms with van der Waals surface area (Å²) in [5, 5.41) is 3.10. The molecule has 0 bridgehead atoms. The second kappa shape index (κ2) is 7.21. The second-order valence-corrected chi connectivity index (χ2v) is 8.06. The molecule has 0 saturated carbocycles. The average Bonchev–Trinajstić information content (AvgIpc) is 2.85. The molecular weight excluding hydrogens is 312 g/mol. The minimum absolute atomic E-state index is 0.306. The van der Waals surface area contributed by atoms with E-state index in [9.17, 15) is 8.42 Å². The molecule has 1 N–H and O–H groups in total. The van der Waals surface area contributed by atoms with Crippen LogP contribution in [0.4, 0.5) is 0 Å². The summed E-state index contributed by atoms with van der Waals surface area (Å²) in [5.74, 6) is 1.54. The molecule has 1 aromatic carbocycles. The van der Waals surface area contributed by atoms with E-state index in [1.165, 1.54) is 0 Å². The molecule has 0 amide bonds. The summed E-state index contributed by atoms with van der Waals surface area (Å²) in [6, 6.07) is 8.41. The monoisotopic (exact) mass is 328 g/mol. The van der Waals surface area contributed by atoms with E-state index in [0.717, 1.165) is 22.2 Å². The predicted octanol–water partition coefficient (Wildman–Crippen LogP) is 2.66. The molecule has 0 atom stereocenters. The van der Waals surface area contributed by atoms with Gasteiger partial charge in [0.05, 0.1) is 15.6 Å². The highest BCUT2D eigenvalue weighted by atomic mass is 32.2. The number of sulfonamides is 1. The second-order valence-electron chi connectivity index (χ2n) is 4.12. The first kappa shape index (κ1) is 15.5. The SMILES string of the molecule is Cc1nc(CSCCNS(=O)(=O)c2ccccc2)cs1. The van der Waals surface area contributed by atoms with Crippen LogP contribution in [0, 0.1) is 6.92 Å². The standard InChI is InChI=1S/C13H16N2O2S3/c1-11-15-12(10-19-11)9-18-8-7-14-20(16,17)13-5-3-2-4-6-13/h2-6,10,14H,7-9H2,1H3. The largest absolute Gasteiger partial charge is 0.246 e. The van der Waals surface area contributed by atoms with Gasteiger partial charge in [-0.25, -0.2) is 18.1 Å². The van der Waals surface area contributed by atoms with Crippen molar-refractivity contribution in [2.45, 2.75) is 17.6 Å². The van der Waals surface area contributed by atoms with Gasteiger partial charge >= 0.3 is 0 Å². The van der Waals surface area contributed by atoms with Gasteiger partial charge in [-0.3, -0.25) is 0 Å². The van der Waals surface area contributed by atoms with Crippen LogP contribution >= 0.6 is 23.1 Å². The average molecular weight is 328 g/mol. The van der Waals surface area contributed by atoms with Crippen molar-refractivity contribution in [3.8, 4) is 0 Å². The Kier molecular flexibility index (Phi) is 5.59. The highest BCUT2D eigenvalue weighted by molar-refractivity contribution is 7.98. The van der Waals surface area contributed by atoms with Crippen molar-refractivity contribution in [1.29, 1.82) is 0 Å². The molecule has 1 heterocycles. The maximum Gasteiger partial charge on any atom is 0.240 e. The molecule has 0 spiro atoms. The van der Waals surface area contributed by atoms with Crippen LogP contribution in [-0.4, -0.2) is 25.7 Å². The number of aryl methyl sites for hydroxylation is 1. The highest BCUT2D eigenvalue weighted by Crippen LogP contribution is 2.15. The van der Waals surface area contributed by atoms with Crippen LogP contribution in [0.2, 0.25) is 0 Å². The zero-order chi connectivity index (χ0) is 14.4. The number of benzene rings is 1. The van der Waals surface area contributed by atoms with Gasteiger partial charge in [-0.1, -0.05) is 18.2 Å². The minimum atomic E-state index is -3.38. The third-order valence-electron chi connectivity index (χ3n) is 2.51. The molecule has 0 fully saturated rings. The van der Waals surface area contributed by atoms with E-state index in [0.29, 0.717) is 11.4 Å². The summed E-state index contributed by atoms with van der Waals surface area (Å²) in [6.45, 7) is 2.40. The molecule has 0 unspecified atom stereocenters. The van der Waals surface area contributed by atoms with E-state index in [2.05, 4.69) is 9.71 Å². The van der Waals surface area contributed by atoms with E-state index < -0.39 is 10.0 Å². The molecule has 2 aromatic rings. The summed E-state index contributed by atoms with van der Waals surface area (Å²) in [7, 11) is -3.38. The fourth-order valence-corrected chi connectivity index (χ4v) is 4.23. The van der Waals surface area contributed by atoms with Gasteiger partial charge in [-0.2, -0.15) is 11.8 Å². The summed E-state index contributed by atoms with van der Waals surface area (Å²) >= 11 is 3.31. The molecule has 4 nitrogen and oxygen atoms in total. The minimum Gasteiger partial charge on any atom is -0.246 e. The Morgan fingerprint density at radius 2 is 2.05 bits per heavy atom. The van der Waals surface area contributed by atoms with Gasteiger partial charge in [-0.15, -0.1) is 11.3 Å². The van der Waals surface area contributed by atoms with Gasteiger partial charge in [-0.05, 0) is 19.1 Å². The Bertz CT molecular complexity index is 639. The molecule has 20 heavy (non-hydrogen) atoms. The Labute approximate surface area is 127 Å². The first-order chi connectivity index (χ1) is 9.58. The normalized spacial score (nSPS) is 11.7. The fourth-order valence-electron chi connectivity index (χ4n) is 1.58. The molecule has 0 saturated heterocycles. The Morgan fingerprint density at radius 3 is 2.70 bits per heavy atom. The van der Waals surface area contributed by atoms with Crippen molar-refractivity contribution in [3.05, 3.63) is 46.4 Å². The predicted molar refractivity (Wildman–Crippen MR) is 84.6 cm³/mol. The molecule has 0 aliphatic carbocycles. The van der Waals surface area contributed by atoms with E-state index in [-0.39, 0.29) is 0 Å². The van der Waals surface area contributed by atoms with E-state index >= 15 is 0 Å². The summed E-state index contributed by atoms with van der Waals surface area (Å²) in [6.07, 6.45) is 0. The smallest absolute Gasteiger partial charge is 0.240 e. The lowest BCUT2D eigenvalue weighted by atomic mass is 10.4. The third kappa shape index (κ3) is 4.59. The Morgan fingerprint density at radius 1 is 1.30 bits per heavy atom. The summed E-state index contributed by atoms with van der Waals surface area (Å²) < 4.78 is 26.5. The molecule has 7 heteroatoms. The number of nitrogens with zero attached hydrogens (tertiary/aromatic N) is 1. The van der Waals surface area contributed by atoms with Crippen molar-refractivity contribution in [1.82, 2.24) is 9.71 Å². The highest BCUT2D eigenvalue weighted by Gasteiger charge is 2.11. The number of hydrogen-bond acceptors (Lipinski definition) is 5. The molecule has 0 aliphatic rings. The molecule has 0 aliphatic heterocycles. The topological polar surface area (TPSA) is 59.1 Å². The molecular formula is C13H16N2O2S3. The van der Waals surface area contributed by atoms with Crippen molar-refractivity contribution in [2.24, 2.45) is 0 Å². The number of rotatable bonds is 7. The number of nitrogens with one attached hydrogen (secondary N) is 1. The molecule has 0 radical (unpaired) electrons. The zero-order valence-corrected chi connectivity index (χ0v) is 13.5. The van der Waals surface area contributed by atoms with Crippen LogP contribution in [0.1, 0.15) is 10.7 Å². The van der Waals surface area contributed by atoms with Crippen LogP contribution < -0.4 is 4.72 Å². The molecule has 2 rings (SSSR count). The van der Waals surface area contributed by atoms with Crippen molar-refractivity contribution >= 4 is 33.1 Å². The van der Waals surface area contributed by atoms with Gasteiger partial charge in [0.15, 0.2) is 0 Å². The van der Waals surface area contributed by atoms with Crippen LogP contribution in [0.15, 0.2) is 40.6 Å². The quantitative estimate of drug-likeness (QED) is 0.794. The summed E-state index contributed by atoms with van der Waals surface area (Å²) in [5.41, 5.74) is 1.06. The summed E-state index contributed by atoms with van der Waals surface area (Å²) in [4.78, 5) is 4.67. The van der Waals surface area contributed by atoms with E-state index in [4.69, 9.17) is 0 Å². The van der Waals surface area contributed by atoms with Crippen molar-refractivity contribution in [2.75, 3.05) is 12.3 Å². The lowest BCUT2D eigenvalue weighted by Crippen LogP contribution is -2.26. The van der Waals surface area contributed by atoms with Crippen molar-refractivity contribution < 1.29 is 8.42 Å². The Balaban J connectivity index is 1.73. The van der Waals surface area contributed by atoms with Gasteiger partial charge in [0.1, 0.15) is 0 Å². The lowest BCUT2D eigenvalue weighted by molar-refractivity contribution is 0.584. The van der Waals surface area contributed by atoms with E-state index in [1.54, 1.807) is 53.4 Å². The Hall–Kier alpha value is -0.890. The number of thiazole rings is 1. The third-order valence-corrected chi connectivity index (χ3v) is 5.80. The van der Waals surface area contributed by atoms with Gasteiger partial charge in [0, 0.05) is 23.4 Å². The number of hydrogen-bond donors (Lipinski definition) is 1. The number of aromatic nitrogens is 1. The number of thioether (sulfide) groups is 1. The molecule has 108 valence electrons. The lowest BCUT2D eigenvalue weighted by Gasteiger charge is -2.06. The van der Waals surface area contributed by atoms with Gasteiger partial charge in [0.25, 0.3) is 0 Å². The van der Waals surface area contributed by atoms with Gasteiger partial charge < -0.3 is 0 Å². The van der Waals surface area contributed by atoms with Crippen LogP contribution in [-0.2, 0) is 15.8 Å². The molecule has 1 aromatic heterocycles. The van der Waals surface area contributed by atoms with Crippen LogP contribution in [0.5, 0.6) is 0 Å². The first-order valence-corrected chi connectivity index (χ1v) is 9.63. The zero-order valence-electron chi connectivity index (χ0n) is 11.1. The van der Waals surface area contributed by atoms with Gasteiger partial charge in [0.2, 0.25) is 10.0 Å². The maximum atomic E-state index is 11.9. The fraction of sp³-hybridized carbons (Fsp3) is 0.308. The van der Waals surface area contributed by atoms with E-state index in [1.807, 2.05) is 12.3 Å². The van der Waals surface area contributed by atoms with Crippen molar-refractivity contribution in [3.63, 3.8) is 0 Å².